The summed E-state index contributed by atoms with van der Waals surface area (Å²) in [6, 6.07) is 9.02. The van der Waals surface area contributed by atoms with Gasteiger partial charge in [-0.25, -0.2) is 8.78 Å². The first-order valence-corrected chi connectivity index (χ1v) is 7.85. The van der Waals surface area contributed by atoms with Gasteiger partial charge in [0.2, 0.25) is 0 Å². The van der Waals surface area contributed by atoms with E-state index in [1.54, 1.807) is 24.3 Å². The molecule has 0 aromatic heterocycles. The molecule has 0 aliphatic rings. The Morgan fingerprint density at radius 3 is 2.15 bits per heavy atom. The molecule has 0 aliphatic carbocycles. The van der Waals surface area contributed by atoms with Crippen LogP contribution in [0, 0.1) is 11.6 Å². The molecule has 0 aliphatic heterocycles. The molecule has 0 bridgehead atoms. The number of rotatable bonds is 6. The second-order valence-corrected chi connectivity index (χ2v) is 5.27. The van der Waals surface area contributed by atoms with Crippen molar-refractivity contribution in [1.82, 2.24) is 10.9 Å². The Kier molecular flexibility index (Phi) is 6.48. The summed E-state index contributed by atoms with van der Waals surface area (Å²) in [6.07, 6.45) is -0.919. The van der Waals surface area contributed by atoms with E-state index in [-0.39, 0.29) is 5.56 Å². The molecule has 0 saturated carbocycles. The van der Waals surface area contributed by atoms with Crippen LogP contribution in [-0.4, -0.2) is 24.5 Å². The maximum absolute atomic E-state index is 13.1. The van der Waals surface area contributed by atoms with E-state index in [4.69, 9.17) is 9.47 Å². The van der Waals surface area contributed by atoms with Crippen molar-refractivity contribution in [3.05, 3.63) is 59.7 Å². The molecule has 138 valence electrons. The van der Waals surface area contributed by atoms with Crippen molar-refractivity contribution in [3.8, 4) is 11.5 Å². The normalized spacial score (nSPS) is 11.4. The average Bonchev–Trinajstić information content (AvgIpc) is 2.60. The van der Waals surface area contributed by atoms with Gasteiger partial charge in [0.25, 0.3) is 11.8 Å². The molecule has 0 spiro atoms. The first-order chi connectivity index (χ1) is 12.4. The van der Waals surface area contributed by atoms with Crippen molar-refractivity contribution in [3.63, 3.8) is 0 Å². The minimum atomic E-state index is -0.919. The number of carbonyl (C=O) groups excluding carboxylic acids is 2. The van der Waals surface area contributed by atoms with Gasteiger partial charge >= 0.3 is 0 Å². The van der Waals surface area contributed by atoms with Gasteiger partial charge in [0, 0.05) is 11.6 Å². The van der Waals surface area contributed by atoms with Crippen molar-refractivity contribution >= 4 is 11.8 Å². The van der Waals surface area contributed by atoms with E-state index in [1.165, 1.54) is 6.92 Å². The first-order valence-electron chi connectivity index (χ1n) is 7.85. The molecule has 2 aromatic rings. The second-order valence-electron chi connectivity index (χ2n) is 5.27. The Balaban J connectivity index is 1.87. The zero-order chi connectivity index (χ0) is 19.1. The third-order valence-corrected chi connectivity index (χ3v) is 3.24. The topological polar surface area (TPSA) is 76.7 Å². The van der Waals surface area contributed by atoms with Crippen LogP contribution < -0.4 is 20.3 Å². The molecule has 0 saturated heterocycles. The van der Waals surface area contributed by atoms with E-state index < -0.39 is 29.6 Å². The number of benzene rings is 2. The summed E-state index contributed by atoms with van der Waals surface area (Å²) >= 11 is 0. The Bertz CT molecular complexity index is 761. The third kappa shape index (κ3) is 5.44. The molecule has 2 rings (SSSR count). The highest BCUT2D eigenvalue weighted by atomic mass is 19.1. The third-order valence-electron chi connectivity index (χ3n) is 3.24. The Hall–Kier alpha value is -3.16. The highest BCUT2D eigenvalue weighted by molar-refractivity contribution is 5.95. The predicted molar refractivity (Wildman–Crippen MR) is 89.7 cm³/mol. The van der Waals surface area contributed by atoms with Gasteiger partial charge in [0.15, 0.2) is 6.10 Å². The van der Waals surface area contributed by atoms with Gasteiger partial charge in [0.05, 0.1) is 6.61 Å². The fourth-order valence-corrected chi connectivity index (χ4v) is 2.02. The van der Waals surface area contributed by atoms with Crippen LogP contribution in [-0.2, 0) is 4.79 Å². The minimum absolute atomic E-state index is 0.261. The highest BCUT2D eigenvalue weighted by Gasteiger charge is 2.16. The lowest BCUT2D eigenvalue weighted by Crippen LogP contribution is -2.47. The minimum Gasteiger partial charge on any atom is -0.494 e. The molecular weight excluding hydrogens is 346 g/mol. The van der Waals surface area contributed by atoms with E-state index in [0.29, 0.717) is 24.2 Å². The number of carbonyl (C=O) groups is 2. The number of ether oxygens (including phenoxy) is 2. The smallest absolute Gasteiger partial charge is 0.279 e. The van der Waals surface area contributed by atoms with Crippen LogP contribution in [0.5, 0.6) is 11.5 Å². The van der Waals surface area contributed by atoms with E-state index in [1.807, 2.05) is 6.92 Å². The summed E-state index contributed by atoms with van der Waals surface area (Å²) < 4.78 is 36.9. The van der Waals surface area contributed by atoms with E-state index in [2.05, 4.69) is 10.9 Å². The zero-order valence-corrected chi connectivity index (χ0v) is 14.2. The number of amides is 2. The van der Waals surface area contributed by atoms with E-state index in [9.17, 15) is 18.4 Å². The molecule has 2 aromatic carbocycles. The van der Waals surface area contributed by atoms with Gasteiger partial charge in [0.1, 0.15) is 23.1 Å². The summed E-state index contributed by atoms with van der Waals surface area (Å²) in [7, 11) is 0. The van der Waals surface area contributed by atoms with E-state index >= 15 is 0 Å². The van der Waals surface area contributed by atoms with Crippen molar-refractivity contribution in [2.75, 3.05) is 6.61 Å². The maximum atomic E-state index is 13.1. The second kappa shape index (κ2) is 8.80. The Morgan fingerprint density at radius 2 is 1.58 bits per heavy atom. The van der Waals surface area contributed by atoms with Crippen molar-refractivity contribution < 1.29 is 27.8 Å². The quantitative estimate of drug-likeness (QED) is 0.773. The average molecular weight is 364 g/mol. The summed E-state index contributed by atoms with van der Waals surface area (Å²) in [5.74, 6) is -2.17. The molecule has 2 N–H and O–H groups in total. The zero-order valence-electron chi connectivity index (χ0n) is 14.2. The van der Waals surface area contributed by atoms with Crippen molar-refractivity contribution in [2.24, 2.45) is 0 Å². The van der Waals surface area contributed by atoms with Gasteiger partial charge in [-0.1, -0.05) is 0 Å². The molecule has 0 fully saturated rings. The van der Waals surface area contributed by atoms with Crippen LogP contribution in [0.25, 0.3) is 0 Å². The van der Waals surface area contributed by atoms with Gasteiger partial charge in [-0.3, -0.25) is 20.4 Å². The fourth-order valence-electron chi connectivity index (χ4n) is 2.02. The molecule has 6 nitrogen and oxygen atoms in total. The van der Waals surface area contributed by atoms with Gasteiger partial charge in [-0.05, 0) is 50.2 Å². The monoisotopic (exact) mass is 364 g/mol. The van der Waals surface area contributed by atoms with Crippen LogP contribution in [0.4, 0.5) is 8.78 Å². The number of nitrogens with one attached hydrogen (secondary N) is 2. The van der Waals surface area contributed by atoms with Crippen LogP contribution >= 0.6 is 0 Å². The maximum Gasteiger partial charge on any atom is 0.279 e. The fraction of sp³-hybridized carbons (Fsp3) is 0.222. The summed E-state index contributed by atoms with van der Waals surface area (Å²) in [4.78, 5) is 23.8. The molecule has 2 amide bonds. The predicted octanol–water partition coefficient (Wildman–Crippen LogP) is 2.59. The largest absolute Gasteiger partial charge is 0.494 e. The first kappa shape index (κ1) is 19.2. The Labute approximate surface area is 149 Å². The number of hydrogen-bond acceptors (Lipinski definition) is 4. The standard InChI is InChI=1S/C18H18F2N2O4/c1-3-25-15-4-6-16(7-5-15)26-11(2)17(23)21-22-18(24)12-8-13(19)10-14(20)9-12/h4-11H,3H2,1-2H3,(H,21,23)(H,22,24). The molecule has 1 atom stereocenters. The lowest BCUT2D eigenvalue weighted by Gasteiger charge is -2.15. The molecule has 1 unspecified atom stereocenters. The van der Waals surface area contributed by atoms with Crippen molar-refractivity contribution in [1.29, 1.82) is 0 Å². The number of halogens is 2. The van der Waals surface area contributed by atoms with Gasteiger partial charge < -0.3 is 9.47 Å². The molecule has 26 heavy (non-hydrogen) atoms. The lowest BCUT2D eigenvalue weighted by atomic mass is 10.2. The van der Waals surface area contributed by atoms with Gasteiger partial charge in [-0.2, -0.15) is 0 Å². The van der Waals surface area contributed by atoms with Crippen LogP contribution in [0.2, 0.25) is 0 Å². The van der Waals surface area contributed by atoms with Crippen LogP contribution in [0.1, 0.15) is 24.2 Å². The highest BCUT2D eigenvalue weighted by Crippen LogP contribution is 2.18. The van der Waals surface area contributed by atoms with Gasteiger partial charge in [-0.15, -0.1) is 0 Å². The van der Waals surface area contributed by atoms with E-state index in [0.717, 1.165) is 12.1 Å². The summed E-state index contributed by atoms with van der Waals surface area (Å²) in [5, 5.41) is 0. The number of hydrogen-bond donors (Lipinski definition) is 2. The number of hydrazine groups is 1. The summed E-state index contributed by atoms with van der Waals surface area (Å²) in [6.45, 7) is 3.89. The van der Waals surface area contributed by atoms with Crippen LogP contribution in [0.3, 0.4) is 0 Å². The van der Waals surface area contributed by atoms with Crippen LogP contribution in [0.15, 0.2) is 42.5 Å². The SMILES string of the molecule is CCOc1ccc(OC(C)C(=O)NNC(=O)c2cc(F)cc(F)c2)cc1. The molecule has 0 radical (unpaired) electrons. The van der Waals surface area contributed by atoms with Crippen molar-refractivity contribution in [2.45, 2.75) is 20.0 Å². The molecule has 8 heteroatoms. The lowest BCUT2D eigenvalue weighted by molar-refractivity contribution is -0.128. The summed E-state index contributed by atoms with van der Waals surface area (Å²) in [5.41, 5.74) is 3.95. The molecule has 0 heterocycles. The molecular formula is C18H18F2N2O4. The Morgan fingerprint density at radius 1 is 1.00 bits per heavy atom.